The van der Waals surface area contributed by atoms with E-state index in [0.29, 0.717) is 16.7 Å². The van der Waals surface area contributed by atoms with Gasteiger partial charge in [0.25, 0.3) is 5.12 Å². The molecule has 0 N–H and O–H groups in total. The second-order valence-electron chi connectivity index (χ2n) is 8.49. The summed E-state index contributed by atoms with van der Waals surface area (Å²) in [6.07, 6.45) is 0. The van der Waals surface area contributed by atoms with E-state index in [2.05, 4.69) is 0 Å². The molecule has 0 aliphatic carbocycles. The van der Waals surface area contributed by atoms with Crippen LogP contribution in [0.5, 0.6) is 0 Å². The highest BCUT2D eigenvalue weighted by Crippen LogP contribution is 2.52. The molecule has 0 bridgehead atoms. The Hall–Kier alpha value is -2.72. The zero-order chi connectivity index (χ0) is 22.0. The van der Waals surface area contributed by atoms with Crippen molar-refractivity contribution in [3.05, 3.63) is 104 Å². The lowest BCUT2D eigenvalue weighted by molar-refractivity contribution is 0.107. The molecule has 4 heteroatoms. The van der Waals surface area contributed by atoms with Gasteiger partial charge in [-0.25, -0.2) is 8.42 Å². The average molecular weight is 419 g/mol. The Labute approximate surface area is 178 Å². The summed E-state index contributed by atoms with van der Waals surface area (Å²) < 4.78 is 26.3. The summed E-state index contributed by atoms with van der Waals surface area (Å²) in [6, 6.07) is 14.7. The summed E-state index contributed by atoms with van der Waals surface area (Å²) in [4.78, 5) is 13.2. The minimum atomic E-state index is -4.22. The number of aryl methyl sites for hydroxylation is 4. The van der Waals surface area contributed by atoms with E-state index in [4.69, 9.17) is 0 Å². The van der Waals surface area contributed by atoms with Crippen molar-refractivity contribution in [1.82, 2.24) is 0 Å². The molecule has 1 heterocycles. The second kappa shape index (κ2) is 6.64. The Morgan fingerprint density at radius 1 is 0.667 bits per heavy atom. The summed E-state index contributed by atoms with van der Waals surface area (Å²) in [7, 11) is -4.22. The Morgan fingerprint density at radius 3 is 1.50 bits per heavy atom. The zero-order valence-electron chi connectivity index (χ0n) is 18.3. The lowest BCUT2D eigenvalue weighted by atomic mass is 9.79. The summed E-state index contributed by atoms with van der Waals surface area (Å²) >= 11 is 0. The highest BCUT2D eigenvalue weighted by Gasteiger charge is 2.59. The number of carbonyl (C=O) groups is 1. The van der Waals surface area contributed by atoms with E-state index < -0.39 is 19.7 Å². The number of fused-ring (bicyclic) bond motifs is 1. The Kier molecular flexibility index (Phi) is 4.55. The van der Waals surface area contributed by atoms with Crippen LogP contribution in [-0.2, 0) is 14.6 Å². The molecule has 0 amide bonds. The van der Waals surface area contributed by atoms with Gasteiger partial charge in [-0.05, 0) is 97.7 Å². The molecule has 3 aromatic carbocycles. The van der Waals surface area contributed by atoms with E-state index in [1.807, 2.05) is 71.9 Å². The quantitative estimate of drug-likeness (QED) is 0.560. The van der Waals surface area contributed by atoms with Gasteiger partial charge in [0.05, 0.1) is 0 Å². The number of benzene rings is 3. The summed E-state index contributed by atoms with van der Waals surface area (Å²) in [5, 5.41) is -0.801. The number of hydrogen-bond donors (Lipinski definition) is 0. The molecule has 0 unspecified atom stereocenters. The minimum Gasteiger partial charge on any atom is -0.276 e. The molecule has 0 atom stereocenters. The molecule has 1 aliphatic heterocycles. The highest BCUT2D eigenvalue weighted by molar-refractivity contribution is 8.08. The van der Waals surface area contributed by atoms with E-state index in [9.17, 15) is 13.2 Å². The van der Waals surface area contributed by atoms with Crippen molar-refractivity contribution in [3.8, 4) is 0 Å². The normalized spacial score (nSPS) is 16.5. The zero-order valence-corrected chi connectivity index (χ0v) is 19.1. The maximum atomic E-state index is 13.9. The third kappa shape index (κ3) is 2.50. The van der Waals surface area contributed by atoms with Crippen LogP contribution in [0.25, 0.3) is 0 Å². The number of rotatable bonds is 2. The molecule has 4 rings (SSSR count). The molecule has 0 saturated carbocycles. The number of sulfone groups is 1. The number of hydrogen-bond acceptors (Lipinski definition) is 3. The first-order valence-corrected chi connectivity index (χ1v) is 11.6. The van der Waals surface area contributed by atoms with Gasteiger partial charge < -0.3 is 0 Å². The van der Waals surface area contributed by atoms with Crippen LogP contribution in [0, 0.1) is 41.5 Å². The van der Waals surface area contributed by atoms with Gasteiger partial charge in [-0.2, -0.15) is 0 Å². The van der Waals surface area contributed by atoms with Gasteiger partial charge in [0, 0.05) is 5.56 Å². The van der Waals surface area contributed by atoms with Crippen LogP contribution in [0.3, 0.4) is 0 Å². The van der Waals surface area contributed by atoms with Crippen LogP contribution in [0.2, 0.25) is 0 Å². The van der Waals surface area contributed by atoms with Crippen LogP contribution in [-0.4, -0.2) is 13.5 Å². The second-order valence-corrected chi connectivity index (χ2v) is 10.5. The van der Waals surface area contributed by atoms with Crippen LogP contribution < -0.4 is 0 Å². The Bertz CT molecular complexity index is 1230. The summed E-state index contributed by atoms with van der Waals surface area (Å²) in [5.41, 5.74) is 8.36. The molecule has 0 aromatic heterocycles. The van der Waals surface area contributed by atoms with E-state index in [1.54, 1.807) is 18.2 Å². The van der Waals surface area contributed by atoms with Crippen molar-refractivity contribution in [1.29, 1.82) is 0 Å². The maximum Gasteiger partial charge on any atom is 0.278 e. The predicted molar refractivity (Wildman–Crippen MR) is 121 cm³/mol. The fourth-order valence-corrected chi connectivity index (χ4v) is 6.73. The fourth-order valence-electron chi connectivity index (χ4n) is 4.66. The summed E-state index contributed by atoms with van der Waals surface area (Å²) in [5.74, 6) is 0. The van der Waals surface area contributed by atoms with Crippen molar-refractivity contribution in [2.75, 3.05) is 0 Å². The number of carbonyl (C=O) groups excluding carboxylic acids is 1. The van der Waals surface area contributed by atoms with Crippen molar-refractivity contribution in [2.45, 2.75) is 46.3 Å². The van der Waals surface area contributed by atoms with E-state index >= 15 is 0 Å². The summed E-state index contributed by atoms with van der Waals surface area (Å²) in [6.45, 7) is 12.0. The van der Waals surface area contributed by atoms with Crippen LogP contribution in [0.1, 0.15) is 60.4 Å². The van der Waals surface area contributed by atoms with Crippen molar-refractivity contribution in [3.63, 3.8) is 0 Å². The standard InChI is InChI=1S/C26H26O3S/c1-15-11-21(12-16(2)19(15)5)26(22-13-17(3)20(6)18(4)14-22)24-10-8-7-9-23(24)25(27)30(26,28)29/h7-14H,1-6H3. The fraction of sp³-hybridized carbons (Fsp3) is 0.269. The van der Waals surface area contributed by atoms with Crippen LogP contribution in [0.4, 0.5) is 0 Å². The van der Waals surface area contributed by atoms with Gasteiger partial charge in [0.1, 0.15) is 0 Å². The SMILES string of the molecule is Cc1cc(C2(c3cc(C)c(C)c(C)c3)c3ccccc3C(=O)S2(=O)=O)cc(C)c1C. The molecule has 0 fully saturated rings. The Balaban J connectivity index is 2.26. The molecular weight excluding hydrogens is 392 g/mol. The first kappa shape index (κ1) is 20.5. The van der Waals surface area contributed by atoms with Gasteiger partial charge in [-0.15, -0.1) is 0 Å². The highest BCUT2D eigenvalue weighted by atomic mass is 32.2. The molecule has 3 nitrogen and oxygen atoms in total. The monoisotopic (exact) mass is 418 g/mol. The molecule has 3 aromatic rings. The Morgan fingerprint density at radius 2 is 1.07 bits per heavy atom. The topological polar surface area (TPSA) is 51.2 Å². The van der Waals surface area contributed by atoms with Crippen LogP contribution >= 0.6 is 0 Å². The van der Waals surface area contributed by atoms with Gasteiger partial charge >= 0.3 is 0 Å². The average Bonchev–Trinajstić information content (AvgIpc) is 2.87. The third-order valence-electron chi connectivity index (χ3n) is 6.84. The molecule has 0 radical (unpaired) electrons. The first-order valence-electron chi connectivity index (χ1n) is 10.1. The largest absolute Gasteiger partial charge is 0.278 e. The van der Waals surface area contributed by atoms with E-state index in [1.165, 1.54) is 0 Å². The predicted octanol–water partition coefficient (Wildman–Crippen LogP) is 5.40. The molecule has 0 saturated heterocycles. The molecule has 0 spiro atoms. The van der Waals surface area contributed by atoms with Crippen LogP contribution in [0.15, 0.2) is 48.5 Å². The van der Waals surface area contributed by atoms with Gasteiger partial charge in [-0.1, -0.05) is 42.5 Å². The van der Waals surface area contributed by atoms with E-state index in [-0.39, 0.29) is 5.56 Å². The molecule has 154 valence electrons. The van der Waals surface area contributed by atoms with Gasteiger partial charge in [0.15, 0.2) is 4.75 Å². The smallest absolute Gasteiger partial charge is 0.276 e. The van der Waals surface area contributed by atoms with Gasteiger partial charge in [0.2, 0.25) is 9.84 Å². The first-order chi connectivity index (χ1) is 14.0. The van der Waals surface area contributed by atoms with E-state index in [0.717, 1.165) is 33.4 Å². The molecule has 1 aliphatic rings. The maximum absolute atomic E-state index is 13.9. The van der Waals surface area contributed by atoms with Crippen molar-refractivity contribution >= 4 is 15.0 Å². The lowest BCUT2D eigenvalue weighted by Gasteiger charge is -2.32. The van der Waals surface area contributed by atoms with Crippen molar-refractivity contribution < 1.29 is 13.2 Å². The van der Waals surface area contributed by atoms with Crippen molar-refractivity contribution in [2.24, 2.45) is 0 Å². The molecule has 30 heavy (non-hydrogen) atoms. The minimum absolute atomic E-state index is 0.268. The van der Waals surface area contributed by atoms with Gasteiger partial charge in [-0.3, -0.25) is 4.79 Å². The lowest BCUT2D eigenvalue weighted by Crippen LogP contribution is -2.37. The molecular formula is C26H26O3S. The third-order valence-corrected chi connectivity index (χ3v) is 9.05.